The first-order valence-corrected chi connectivity index (χ1v) is 17.9. The van der Waals surface area contributed by atoms with Gasteiger partial charge in [-0.25, -0.2) is 4.39 Å². The summed E-state index contributed by atoms with van der Waals surface area (Å²) in [5.74, 6) is -1.98. The van der Waals surface area contributed by atoms with Crippen LogP contribution in [0.1, 0.15) is 58.9 Å². The van der Waals surface area contributed by atoms with Crippen molar-refractivity contribution in [2.45, 2.75) is 83.3 Å². The summed E-state index contributed by atoms with van der Waals surface area (Å²) in [4.78, 5) is 60.8. The molecule has 0 aromatic heterocycles. The van der Waals surface area contributed by atoms with Crippen LogP contribution < -0.4 is 42.2 Å². The number of nitriles is 2. The number of carbonyl (C=O) groups is 4. The number of nitrogens with zero attached hydrogens (tertiary/aromatic N) is 4. The third-order valence-corrected chi connectivity index (χ3v) is 8.30. The molecular weight excluding hydrogens is 743 g/mol. The summed E-state index contributed by atoms with van der Waals surface area (Å²) in [7, 11) is 1.38. The molecule has 0 radical (unpaired) electrons. The number of nitrogens with two attached hydrogens (primary N) is 2. The Kier molecular flexibility index (Phi) is 19.4. The van der Waals surface area contributed by atoms with Gasteiger partial charge in [-0.3, -0.25) is 39.8 Å². The molecule has 2 atom stereocenters. The molecule has 18 nitrogen and oxygen atoms in total. The summed E-state index contributed by atoms with van der Waals surface area (Å²) < 4.78 is 35.8. The minimum atomic E-state index is -1.43. The van der Waals surface area contributed by atoms with Gasteiger partial charge in [0.2, 0.25) is 11.9 Å². The lowest BCUT2D eigenvalue weighted by atomic mass is 10.0. The number of hydrogen-bond acceptors (Lipinski definition) is 12. The molecule has 0 spiro atoms. The SMILES string of the molecule is COC(C)(C)C(=O)NC(CCCN=C(N)NC#N)C(=O)COc1cccc(COC(C)(C)C(=O)NC(CCCN=C(N)NC#N)C(=O)COc2ccc(F)cc2)c1. The van der Waals surface area contributed by atoms with Crippen molar-refractivity contribution < 1.29 is 42.5 Å². The molecular formula is C38H51FN10O8. The number of methoxy groups -OCH3 is 1. The van der Waals surface area contributed by atoms with Crippen LogP contribution in [0.25, 0.3) is 0 Å². The van der Waals surface area contributed by atoms with Gasteiger partial charge >= 0.3 is 0 Å². The number of guanidine groups is 2. The van der Waals surface area contributed by atoms with E-state index in [1.807, 2.05) is 0 Å². The van der Waals surface area contributed by atoms with E-state index in [1.54, 1.807) is 50.5 Å². The Hall–Kier alpha value is -6.31. The zero-order valence-corrected chi connectivity index (χ0v) is 32.7. The lowest BCUT2D eigenvalue weighted by Crippen LogP contribution is -2.51. The number of ketones is 2. The van der Waals surface area contributed by atoms with E-state index in [4.69, 9.17) is 40.9 Å². The molecule has 2 amide bonds. The highest BCUT2D eigenvalue weighted by Crippen LogP contribution is 2.19. The van der Waals surface area contributed by atoms with E-state index in [2.05, 4.69) is 31.3 Å². The molecule has 8 N–H and O–H groups in total. The second-order valence-corrected chi connectivity index (χ2v) is 13.5. The number of hydrogen-bond donors (Lipinski definition) is 6. The number of amides is 2. The fraction of sp³-hybridized carbons (Fsp3) is 0.474. The van der Waals surface area contributed by atoms with Crippen LogP contribution in [-0.4, -0.2) is 92.0 Å². The van der Waals surface area contributed by atoms with Crippen molar-refractivity contribution in [3.05, 3.63) is 59.9 Å². The number of nitrogens with one attached hydrogen (secondary N) is 4. The van der Waals surface area contributed by atoms with Gasteiger partial charge in [-0.05, 0) is 95.3 Å². The number of Topliss-reactive ketones (excluding diaryl/α,β-unsaturated/α-hetero) is 2. The van der Waals surface area contributed by atoms with Crippen molar-refractivity contribution in [2.24, 2.45) is 21.5 Å². The Balaban J connectivity index is 2.07. The molecule has 2 aromatic carbocycles. The molecule has 2 rings (SSSR count). The van der Waals surface area contributed by atoms with Gasteiger partial charge < -0.3 is 41.0 Å². The van der Waals surface area contributed by atoms with E-state index in [-0.39, 0.29) is 56.8 Å². The first-order valence-electron chi connectivity index (χ1n) is 17.9. The number of halogens is 1. The van der Waals surface area contributed by atoms with Gasteiger partial charge in [-0.15, -0.1) is 0 Å². The molecule has 0 aliphatic carbocycles. The fourth-order valence-electron chi connectivity index (χ4n) is 4.66. The highest BCUT2D eigenvalue weighted by atomic mass is 19.1. The second-order valence-electron chi connectivity index (χ2n) is 13.5. The van der Waals surface area contributed by atoms with Crippen molar-refractivity contribution in [1.82, 2.24) is 21.3 Å². The lowest BCUT2D eigenvalue weighted by Gasteiger charge is -2.27. The highest BCUT2D eigenvalue weighted by molar-refractivity contribution is 5.93. The topological polar surface area (TPSA) is 278 Å². The largest absolute Gasteiger partial charge is 0.486 e. The zero-order valence-electron chi connectivity index (χ0n) is 32.7. The predicted octanol–water partition coefficient (Wildman–Crippen LogP) is 1.44. The summed E-state index contributed by atoms with van der Waals surface area (Å²) in [6.45, 7) is 5.72. The van der Waals surface area contributed by atoms with Gasteiger partial charge in [0.25, 0.3) is 11.8 Å². The molecule has 0 saturated carbocycles. The van der Waals surface area contributed by atoms with Crippen LogP contribution in [0.2, 0.25) is 0 Å². The quantitative estimate of drug-likeness (QED) is 0.0289. The molecule has 0 bridgehead atoms. The molecule has 308 valence electrons. The Bertz CT molecular complexity index is 1810. The standard InChI is InChI=1S/C38H51FN10O8/c1-37(2,54-5)33(52)48-29(11-7-17-44-35(42)46-23-40)32(51)22-56-28-10-6-9-25(19-28)20-57-38(3,4)34(53)49-30(12-8-18-45-36(43)47-24-41)31(50)21-55-27-15-13-26(39)14-16-27/h6,9-10,13-16,19,29-30H,7-8,11-12,17-18,20-22H2,1-5H3,(H,48,52)(H,49,53)(H3,42,44,46)(H3,43,45,47). The molecule has 57 heavy (non-hydrogen) atoms. The summed E-state index contributed by atoms with van der Waals surface area (Å²) >= 11 is 0. The van der Waals surface area contributed by atoms with E-state index in [9.17, 15) is 23.6 Å². The van der Waals surface area contributed by atoms with Crippen LogP contribution in [-0.2, 0) is 35.3 Å². The zero-order chi connectivity index (χ0) is 42.4. The third kappa shape index (κ3) is 17.4. The van der Waals surface area contributed by atoms with Crippen molar-refractivity contribution in [3.8, 4) is 23.9 Å². The van der Waals surface area contributed by atoms with Crippen molar-refractivity contribution >= 4 is 35.3 Å². The summed E-state index contributed by atoms with van der Waals surface area (Å²) in [5.41, 5.74) is 9.13. The Labute approximate surface area is 331 Å². The molecule has 19 heteroatoms. The van der Waals surface area contributed by atoms with Gasteiger partial charge in [0, 0.05) is 20.2 Å². The van der Waals surface area contributed by atoms with Crippen LogP contribution in [0, 0.1) is 28.7 Å². The number of benzene rings is 2. The number of carbonyl (C=O) groups excluding carboxylic acids is 4. The molecule has 0 heterocycles. The maximum absolute atomic E-state index is 13.5. The van der Waals surface area contributed by atoms with Gasteiger partial charge in [0.05, 0.1) is 18.7 Å². The molecule has 0 saturated heterocycles. The molecule has 2 unspecified atom stereocenters. The van der Waals surface area contributed by atoms with E-state index < -0.39 is 59.1 Å². The van der Waals surface area contributed by atoms with Crippen molar-refractivity contribution in [3.63, 3.8) is 0 Å². The maximum atomic E-state index is 13.5. The minimum absolute atomic E-state index is 0.0488. The molecule has 0 aliphatic heterocycles. The number of rotatable bonds is 24. The average Bonchev–Trinajstić information content (AvgIpc) is 3.18. The number of ether oxygens (including phenoxy) is 4. The monoisotopic (exact) mass is 794 g/mol. The van der Waals surface area contributed by atoms with E-state index in [0.717, 1.165) is 0 Å². The van der Waals surface area contributed by atoms with E-state index >= 15 is 0 Å². The third-order valence-electron chi connectivity index (χ3n) is 8.30. The molecule has 0 aliphatic rings. The van der Waals surface area contributed by atoms with Crippen LogP contribution in [0.4, 0.5) is 4.39 Å². The summed E-state index contributed by atoms with van der Waals surface area (Å²) in [5, 5.41) is 27.2. The highest BCUT2D eigenvalue weighted by Gasteiger charge is 2.33. The predicted molar refractivity (Wildman–Crippen MR) is 207 cm³/mol. The first kappa shape index (κ1) is 46.8. The smallest absolute Gasteiger partial charge is 0.252 e. The summed E-state index contributed by atoms with van der Waals surface area (Å²) in [6, 6.07) is 9.88. The van der Waals surface area contributed by atoms with Crippen LogP contribution in [0.5, 0.6) is 11.5 Å². The fourth-order valence-corrected chi connectivity index (χ4v) is 4.66. The summed E-state index contributed by atoms with van der Waals surface area (Å²) in [6.07, 6.45) is 4.37. The van der Waals surface area contributed by atoms with Gasteiger partial charge in [-0.2, -0.15) is 10.5 Å². The van der Waals surface area contributed by atoms with Gasteiger partial charge in [0.15, 0.2) is 24.0 Å². The average molecular weight is 795 g/mol. The Morgan fingerprint density at radius 2 is 1.26 bits per heavy atom. The van der Waals surface area contributed by atoms with Crippen molar-refractivity contribution in [2.75, 3.05) is 33.4 Å². The first-order chi connectivity index (χ1) is 27.0. The second kappa shape index (κ2) is 23.6. The Morgan fingerprint density at radius 3 is 1.75 bits per heavy atom. The van der Waals surface area contributed by atoms with Gasteiger partial charge in [-0.1, -0.05) is 12.1 Å². The Morgan fingerprint density at radius 1 is 0.772 bits per heavy atom. The normalized spacial score (nSPS) is 12.9. The maximum Gasteiger partial charge on any atom is 0.252 e. The molecule has 0 fully saturated rings. The van der Waals surface area contributed by atoms with Crippen molar-refractivity contribution in [1.29, 1.82) is 10.5 Å². The van der Waals surface area contributed by atoms with Crippen LogP contribution in [0.15, 0.2) is 58.5 Å². The molecule has 2 aromatic rings. The number of aliphatic imine (C=N–C) groups is 2. The van der Waals surface area contributed by atoms with Crippen LogP contribution >= 0.6 is 0 Å². The lowest BCUT2D eigenvalue weighted by molar-refractivity contribution is -0.146. The minimum Gasteiger partial charge on any atom is -0.486 e. The van der Waals surface area contributed by atoms with Crippen LogP contribution in [0.3, 0.4) is 0 Å². The van der Waals surface area contributed by atoms with E-state index in [1.165, 1.54) is 45.2 Å². The van der Waals surface area contributed by atoms with Gasteiger partial charge in [0.1, 0.15) is 41.7 Å². The van der Waals surface area contributed by atoms with E-state index in [0.29, 0.717) is 24.2 Å².